The van der Waals surface area contributed by atoms with Crippen molar-refractivity contribution in [2.45, 2.75) is 45.7 Å². The van der Waals surface area contributed by atoms with Crippen molar-refractivity contribution < 1.29 is 0 Å². The van der Waals surface area contributed by atoms with Gasteiger partial charge in [-0.2, -0.15) is 5.10 Å². The van der Waals surface area contributed by atoms with Crippen molar-refractivity contribution in [3.05, 3.63) is 16.9 Å². The lowest BCUT2D eigenvalue weighted by Gasteiger charge is -2.18. The Labute approximate surface area is 102 Å². The summed E-state index contributed by atoms with van der Waals surface area (Å²) in [7, 11) is 0. The zero-order valence-electron chi connectivity index (χ0n) is 10.0. The number of hydrogen-bond acceptors (Lipinski definition) is 2. The Kier molecular flexibility index (Phi) is 3.87. The van der Waals surface area contributed by atoms with Gasteiger partial charge in [-0.15, -0.1) is 0 Å². The Morgan fingerprint density at radius 1 is 1.62 bits per heavy atom. The first kappa shape index (κ1) is 11.9. The highest BCUT2D eigenvalue weighted by Crippen LogP contribution is 2.33. The molecule has 1 saturated carbocycles. The summed E-state index contributed by atoms with van der Waals surface area (Å²) >= 11 is 6.01. The maximum atomic E-state index is 6.01. The monoisotopic (exact) mass is 241 g/mol. The third kappa shape index (κ3) is 2.77. The van der Waals surface area contributed by atoms with Gasteiger partial charge in [0.25, 0.3) is 0 Å². The molecule has 1 heterocycles. The van der Waals surface area contributed by atoms with Crippen LogP contribution in [0.2, 0.25) is 5.02 Å². The van der Waals surface area contributed by atoms with E-state index < -0.39 is 0 Å². The summed E-state index contributed by atoms with van der Waals surface area (Å²) in [4.78, 5) is 0. The van der Waals surface area contributed by atoms with Crippen molar-refractivity contribution >= 4 is 11.6 Å². The maximum absolute atomic E-state index is 6.01. The predicted octanol–water partition coefficient (Wildman–Crippen LogP) is 2.62. The van der Waals surface area contributed by atoms with Crippen LogP contribution in [0.15, 0.2) is 6.20 Å². The van der Waals surface area contributed by atoms with E-state index >= 15 is 0 Å². The van der Waals surface area contributed by atoms with E-state index in [0.29, 0.717) is 6.04 Å². The fourth-order valence-electron chi connectivity index (χ4n) is 2.00. The summed E-state index contributed by atoms with van der Waals surface area (Å²) < 4.78 is 2.02. The van der Waals surface area contributed by atoms with Gasteiger partial charge in [-0.3, -0.25) is 4.68 Å². The molecule has 16 heavy (non-hydrogen) atoms. The fourth-order valence-corrected chi connectivity index (χ4v) is 2.14. The number of hydrogen-bond donors (Lipinski definition) is 1. The lowest BCUT2D eigenvalue weighted by Crippen LogP contribution is -2.36. The van der Waals surface area contributed by atoms with Crippen molar-refractivity contribution in [2.75, 3.05) is 6.54 Å². The molecule has 1 fully saturated rings. The zero-order valence-corrected chi connectivity index (χ0v) is 10.8. The Hall–Kier alpha value is -0.540. The first-order valence-corrected chi connectivity index (χ1v) is 6.51. The summed E-state index contributed by atoms with van der Waals surface area (Å²) in [6.45, 7) is 6.27. The van der Waals surface area contributed by atoms with Crippen LogP contribution in [-0.4, -0.2) is 22.4 Å². The average Bonchev–Trinajstić information content (AvgIpc) is 3.06. The summed E-state index contributed by atoms with van der Waals surface area (Å²) in [5.41, 5.74) is 1.07. The predicted molar refractivity (Wildman–Crippen MR) is 66.8 cm³/mol. The molecule has 3 nitrogen and oxygen atoms in total. The van der Waals surface area contributed by atoms with Crippen LogP contribution in [0.5, 0.6) is 0 Å². The molecule has 4 heteroatoms. The van der Waals surface area contributed by atoms with Gasteiger partial charge in [0.2, 0.25) is 0 Å². The number of nitrogens with zero attached hydrogens (tertiary/aromatic N) is 2. The van der Waals surface area contributed by atoms with Gasteiger partial charge in [0.05, 0.1) is 23.5 Å². The summed E-state index contributed by atoms with van der Waals surface area (Å²) in [6.07, 6.45) is 5.63. The largest absolute Gasteiger partial charge is 0.312 e. The standard InChI is InChI=1S/C12H20ClN3/c1-3-6-14-12(10-4-5-10)8-16-9(2)11(13)7-15-16/h7,10,12,14H,3-6,8H2,1-2H3. The van der Waals surface area contributed by atoms with Gasteiger partial charge in [-0.25, -0.2) is 0 Å². The smallest absolute Gasteiger partial charge is 0.0814 e. The first-order chi connectivity index (χ1) is 7.72. The SMILES string of the molecule is CCCNC(Cn1ncc(Cl)c1C)C1CC1. The Balaban J connectivity index is 1.96. The van der Waals surface area contributed by atoms with Gasteiger partial charge >= 0.3 is 0 Å². The quantitative estimate of drug-likeness (QED) is 0.830. The molecule has 1 aromatic heterocycles. The lowest BCUT2D eigenvalue weighted by molar-refractivity contribution is 0.386. The molecule has 1 aliphatic rings. The second-order valence-corrected chi connectivity index (χ2v) is 5.07. The second kappa shape index (κ2) is 5.19. The first-order valence-electron chi connectivity index (χ1n) is 6.13. The van der Waals surface area contributed by atoms with Crippen molar-refractivity contribution in [1.29, 1.82) is 0 Å². The minimum atomic E-state index is 0.564. The van der Waals surface area contributed by atoms with Crippen molar-refractivity contribution in [2.24, 2.45) is 5.92 Å². The highest BCUT2D eigenvalue weighted by atomic mass is 35.5. The van der Waals surface area contributed by atoms with Crippen LogP contribution < -0.4 is 5.32 Å². The van der Waals surface area contributed by atoms with Crippen LogP contribution in [0.1, 0.15) is 31.9 Å². The van der Waals surface area contributed by atoms with Crippen LogP contribution >= 0.6 is 11.6 Å². The van der Waals surface area contributed by atoms with E-state index in [9.17, 15) is 0 Å². The molecular formula is C12H20ClN3. The van der Waals surface area contributed by atoms with E-state index in [2.05, 4.69) is 17.3 Å². The Bertz CT molecular complexity index is 344. The molecule has 1 aromatic rings. The minimum absolute atomic E-state index is 0.564. The van der Waals surface area contributed by atoms with E-state index in [4.69, 9.17) is 11.6 Å². The molecule has 0 aliphatic heterocycles. The van der Waals surface area contributed by atoms with Crippen LogP contribution in [0, 0.1) is 12.8 Å². The Morgan fingerprint density at radius 2 is 2.38 bits per heavy atom. The summed E-state index contributed by atoms with van der Waals surface area (Å²) in [5, 5.41) is 8.70. The van der Waals surface area contributed by atoms with Gasteiger partial charge in [0.1, 0.15) is 0 Å². The zero-order chi connectivity index (χ0) is 11.5. The lowest BCUT2D eigenvalue weighted by atomic mass is 10.2. The molecule has 1 unspecified atom stereocenters. The molecule has 0 amide bonds. The molecule has 0 saturated heterocycles. The molecular weight excluding hydrogens is 222 g/mol. The van der Waals surface area contributed by atoms with Crippen molar-refractivity contribution in [3.8, 4) is 0 Å². The number of nitrogens with one attached hydrogen (secondary N) is 1. The van der Waals surface area contributed by atoms with E-state index in [1.165, 1.54) is 19.3 Å². The van der Waals surface area contributed by atoms with E-state index in [1.807, 2.05) is 11.6 Å². The van der Waals surface area contributed by atoms with Crippen molar-refractivity contribution in [3.63, 3.8) is 0 Å². The highest BCUT2D eigenvalue weighted by molar-refractivity contribution is 6.31. The molecule has 0 aromatic carbocycles. The minimum Gasteiger partial charge on any atom is -0.312 e. The molecule has 0 radical (unpaired) electrons. The second-order valence-electron chi connectivity index (χ2n) is 4.66. The van der Waals surface area contributed by atoms with E-state index in [0.717, 1.165) is 29.7 Å². The van der Waals surface area contributed by atoms with Crippen LogP contribution in [0.4, 0.5) is 0 Å². The molecule has 0 bridgehead atoms. The third-order valence-corrected chi connectivity index (χ3v) is 3.63. The topological polar surface area (TPSA) is 29.9 Å². The van der Waals surface area contributed by atoms with Crippen molar-refractivity contribution in [1.82, 2.24) is 15.1 Å². The molecule has 1 atom stereocenters. The summed E-state index contributed by atoms with van der Waals surface area (Å²) in [6, 6.07) is 0.564. The molecule has 0 spiro atoms. The number of aromatic nitrogens is 2. The number of halogens is 1. The van der Waals surface area contributed by atoms with Crippen LogP contribution in [0.25, 0.3) is 0 Å². The highest BCUT2D eigenvalue weighted by Gasteiger charge is 2.31. The van der Waals surface area contributed by atoms with E-state index in [-0.39, 0.29) is 0 Å². The van der Waals surface area contributed by atoms with Gasteiger partial charge in [0, 0.05) is 6.04 Å². The number of rotatable bonds is 6. The maximum Gasteiger partial charge on any atom is 0.0814 e. The normalized spacial score (nSPS) is 17.7. The molecule has 2 rings (SSSR count). The molecule has 1 aliphatic carbocycles. The molecule has 1 N–H and O–H groups in total. The third-order valence-electron chi connectivity index (χ3n) is 3.26. The van der Waals surface area contributed by atoms with E-state index in [1.54, 1.807) is 6.20 Å². The average molecular weight is 242 g/mol. The summed E-state index contributed by atoms with van der Waals surface area (Å²) in [5.74, 6) is 0.842. The van der Waals surface area contributed by atoms with Gasteiger partial charge in [-0.1, -0.05) is 18.5 Å². The van der Waals surface area contributed by atoms with Crippen LogP contribution in [0.3, 0.4) is 0 Å². The van der Waals surface area contributed by atoms with Crippen LogP contribution in [-0.2, 0) is 6.54 Å². The Morgan fingerprint density at radius 3 is 2.88 bits per heavy atom. The fraction of sp³-hybridized carbons (Fsp3) is 0.750. The molecule has 90 valence electrons. The van der Waals surface area contributed by atoms with Gasteiger partial charge in [0.15, 0.2) is 0 Å². The van der Waals surface area contributed by atoms with Gasteiger partial charge < -0.3 is 5.32 Å². The van der Waals surface area contributed by atoms with Gasteiger partial charge in [-0.05, 0) is 38.6 Å².